The van der Waals surface area contributed by atoms with E-state index in [9.17, 15) is 14.7 Å². The summed E-state index contributed by atoms with van der Waals surface area (Å²) >= 11 is 5.58. The molecule has 9 heteroatoms. The molecule has 1 aromatic heterocycles. The van der Waals surface area contributed by atoms with Crippen LogP contribution in [0.2, 0.25) is 0 Å². The molecule has 0 atom stereocenters. The number of benzene rings is 2. The molecule has 2 heterocycles. The maximum atomic E-state index is 13.2. The zero-order chi connectivity index (χ0) is 24.6. The third kappa shape index (κ3) is 4.38. The van der Waals surface area contributed by atoms with Gasteiger partial charge >= 0.3 is 5.97 Å². The molecule has 0 unspecified atom stereocenters. The molecule has 34 heavy (non-hydrogen) atoms. The van der Waals surface area contributed by atoms with Gasteiger partial charge in [-0.2, -0.15) is 5.10 Å². The number of carbonyl (C=O) groups is 1. The van der Waals surface area contributed by atoms with Gasteiger partial charge in [-0.05, 0) is 99.8 Å². The van der Waals surface area contributed by atoms with Crippen molar-refractivity contribution < 1.29 is 9.90 Å². The minimum Gasteiger partial charge on any atom is -0.478 e. The summed E-state index contributed by atoms with van der Waals surface area (Å²) in [6.45, 7) is 8.35. The van der Waals surface area contributed by atoms with Gasteiger partial charge in [0.15, 0.2) is 5.11 Å². The summed E-state index contributed by atoms with van der Waals surface area (Å²) in [5, 5.41) is 17.2. The Morgan fingerprint density at radius 1 is 1.15 bits per heavy atom. The molecule has 1 aliphatic heterocycles. The van der Waals surface area contributed by atoms with Gasteiger partial charge in [-0.25, -0.2) is 9.48 Å². The Hall–Kier alpha value is -3.72. The van der Waals surface area contributed by atoms with Crippen LogP contribution in [0.3, 0.4) is 0 Å². The molecule has 3 aromatic rings. The number of aromatic nitrogens is 2. The molecule has 0 bridgehead atoms. The Bertz CT molecular complexity index is 1390. The number of nitrogens with one attached hydrogen (secondary N) is 2. The molecule has 0 radical (unpaired) electrons. The van der Waals surface area contributed by atoms with Gasteiger partial charge in [-0.3, -0.25) is 15.3 Å². The first-order chi connectivity index (χ1) is 16.2. The lowest BCUT2D eigenvalue weighted by atomic mass is 9.99. The van der Waals surface area contributed by atoms with Gasteiger partial charge in [0.2, 0.25) is 0 Å². The smallest absolute Gasteiger partial charge is 0.335 e. The summed E-state index contributed by atoms with van der Waals surface area (Å²) in [6.07, 6.45) is 1.64. The summed E-state index contributed by atoms with van der Waals surface area (Å²) in [5.74, 6) is -0.950. The lowest BCUT2D eigenvalue weighted by Crippen LogP contribution is -2.41. The Morgan fingerprint density at radius 3 is 2.62 bits per heavy atom. The topological polar surface area (TPSA) is 103 Å². The molecule has 0 saturated heterocycles. The minimum absolute atomic E-state index is 0.181. The number of carboxylic acid groups (broad SMARTS) is 1. The van der Waals surface area contributed by atoms with Crippen LogP contribution in [0.15, 0.2) is 46.3 Å². The van der Waals surface area contributed by atoms with Crippen LogP contribution in [-0.2, 0) is 6.42 Å². The maximum Gasteiger partial charge on any atom is 0.335 e. The number of anilines is 1. The number of aryl methyl sites for hydroxylation is 4. The second-order valence-corrected chi connectivity index (χ2v) is 8.93. The first kappa shape index (κ1) is 23.4. The Labute approximate surface area is 202 Å². The van der Waals surface area contributed by atoms with Gasteiger partial charge in [0, 0.05) is 17.9 Å². The molecule has 176 valence electrons. The highest BCUT2D eigenvalue weighted by Crippen LogP contribution is 2.28. The van der Waals surface area contributed by atoms with Crippen LogP contribution >= 0.6 is 12.2 Å². The van der Waals surface area contributed by atoms with Crippen molar-refractivity contribution in [2.45, 2.75) is 40.5 Å². The van der Waals surface area contributed by atoms with E-state index in [-0.39, 0.29) is 11.1 Å². The molecule has 8 nitrogen and oxygen atoms in total. The lowest BCUT2D eigenvalue weighted by molar-refractivity contribution is 0.0696. The number of hydrazone groups is 1. The van der Waals surface area contributed by atoms with Crippen molar-refractivity contribution in [2.24, 2.45) is 5.10 Å². The Balaban J connectivity index is 1.57. The fourth-order valence-electron chi connectivity index (χ4n) is 4.21. The highest BCUT2D eigenvalue weighted by molar-refractivity contribution is 7.80. The number of H-pyrrole nitrogens is 1. The Morgan fingerprint density at radius 2 is 1.91 bits per heavy atom. The van der Waals surface area contributed by atoms with Crippen LogP contribution in [-0.4, -0.2) is 38.2 Å². The average molecular weight is 478 g/mol. The maximum absolute atomic E-state index is 13.2. The first-order valence-electron chi connectivity index (χ1n) is 11.0. The normalized spacial score (nSPS) is 13.5. The lowest BCUT2D eigenvalue weighted by Gasteiger charge is -2.31. The predicted molar refractivity (Wildman–Crippen MR) is 138 cm³/mol. The van der Waals surface area contributed by atoms with E-state index < -0.39 is 5.97 Å². The second kappa shape index (κ2) is 9.26. The fourth-order valence-corrected chi connectivity index (χ4v) is 4.44. The standard InChI is InChI=1S/C25H27N5O3S/c1-14-7-9-20(12-15(14)2)30-23(31)22(17(4)28-30)16(3)26-27-25(34)29-11-5-6-18-13-19(24(32)33)8-10-21(18)29/h7-10,12-13,28H,5-6,11H2,1-4H3,(H,27,34)(H,32,33)/b26-16+. The van der Waals surface area contributed by atoms with E-state index >= 15 is 0 Å². The number of aromatic amines is 1. The van der Waals surface area contributed by atoms with Crippen molar-refractivity contribution >= 4 is 34.7 Å². The third-order valence-corrected chi connectivity index (χ3v) is 6.50. The third-order valence-electron chi connectivity index (χ3n) is 6.19. The van der Waals surface area contributed by atoms with Gasteiger partial charge < -0.3 is 10.0 Å². The number of nitrogens with zero attached hydrogens (tertiary/aromatic N) is 3. The van der Waals surface area contributed by atoms with Crippen LogP contribution in [0.4, 0.5) is 5.69 Å². The predicted octanol–water partition coefficient (Wildman–Crippen LogP) is 3.84. The second-order valence-electron chi connectivity index (χ2n) is 8.54. The molecule has 4 rings (SSSR count). The van der Waals surface area contributed by atoms with Crippen molar-refractivity contribution in [1.82, 2.24) is 15.2 Å². The van der Waals surface area contributed by atoms with Crippen molar-refractivity contribution in [3.05, 3.63) is 80.3 Å². The van der Waals surface area contributed by atoms with Gasteiger partial charge in [-0.15, -0.1) is 0 Å². The van der Waals surface area contributed by atoms with E-state index in [0.717, 1.165) is 40.9 Å². The largest absolute Gasteiger partial charge is 0.478 e. The van der Waals surface area contributed by atoms with Gasteiger partial charge in [0.1, 0.15) is 0 Å². The van der Waals surface area contributed by atoms with Crippen molar-refractivity contribution in [3.8, 4) is 5.69 Å². The zero-order valence-electron chi connectivity index (χ0n) is 19.6. The number of hydrogen-bond donors (Lipinski definition) is 3. The number of hydrogen-bond acceptors (Lipinski definition) is 4. The summed E-state index contributed by atoms with van der Waals surface area (Å²) in [6, 6.07) is 10.9. The molecule has 2 aromatic carbocycles. The van der Waals surface area contributed by atoms with Crippen LogP contribution < -0.4 is 15.9 Å². The number of carboxylic acids is 1. The number of aromatic carboxylic acids is 1. The SMILES string of the molecule is C/C(=N\NC(=S)N1CCCc2cc(C(=O)O)ccc21)c1c(C)[nH]n(-c2ccc(C)c(C)c2)c1=O. The fraction of sp³-hybridized carbons (Fsp3) is 0.280. The molecule has 1 aliphatic rings. The Kier molecular flexibility index (Phi) is 6.39. The molecule has 0 aliphatic carbocycles. The summed E-state index contributed by atoms with van der Waals surface area (Å²) in [7, 11) is 0. The van der Waals surface area contributed by atoms with Crippen LogP contribution in [0, 0.1) is 20.8 Å². The summed E-state index contributed by atoms with van der Waals surface area (Å²) in [5.41, 5.74) is 9.55. The van der Waals surface area contributed by atoms with E-state index in [0.29, 0.717) is 28.6 Å². The molecule has 0 fully saturated rings. The van der Waals surface area contributed by atoms with Crippen molar-refractivity contribution in [1.29, 1.82) is 0 Å². The molecule has 0 spiro atoms. The van der Waals surface area contributed by atoms with Gasteiger partial charge in [-0.1, -0.05) is 6.07 Å². The molecule has 0 amide bonds. The van der Waals surface area contributed by atoms with E-state index in [2.05, 4.69) is 15.6 Å². The van der Waals surface area contributed by atoms with Crippen LogP contribution in [0.5, 0.6) is 0 Å². The highest BCUT2D eigenvalue weighted by Gasteiger charge is 2.22. The van der Waals surface area contributed by atoms with E-state index in [1.165, 1.54) is 4.68 Å². The minimum atomic E-state index is -0.950. The number of rotatable bonds is 4. The van der Waals surface area contributed by atoms with Crippen LogP contribution in [0.25, 0.3) is 5.69 Å². The molecular weight excluding hydrogens is 450 g/mol. The van der Waals surface area contributed by atoms with Crippen molar-refractivity contribution in [3.63, 3.8) is 0 Å². The van der Waals surface area contributed by atoms with Crippen LogP contribution in [0.1, 0.15) is 51.7 Å². The van der Waals surface area contributed by atoms with Crippen molar-refractivity contribution in [2.75, 3.05) is 11.4 Å². The number of fused-ring (bicyclic) bond motifs is 1. The molecule has 0 saturated carbocycles. The average Bonchev–Trinajstić information content (AvgIpc) is 3.12. The monoisotopic (exact) mass is 477 g/mol. The first-order valence-corrected chi connectivity index (χ1v) is 11.5. The van der Waals surface area contributed by atoms with Gasteiger partial charge in [0.05, 0.1) is 22.5 Å². The van der Waals surface area contributed by atoms with E-state index in [1.807, 2.05) is 43.9 Å². The summed E-state index contributed by atoms with van der Waals surface area (Å²) in [4.78, 5) is 26.4. The summed E-state index contributed by atoms with van der Waals surface area (Å²) < 4.78 is 1.52. The van der Waals surface area contributed by atoms with E-state index in [1.54, 1.807) is 25.1 Å². The zero-order valence-corrected chi connectivity index (χ0v) is 20.4. The van der Waals surface area contributed by atoms with E-state index in [4.69, 9.17) is 12.2 Å². The quantitative estimate of drug-likeness (QED) is 0.300. The highest BCUT2D eigenvalue weighted by atomic mass is 32.1. The number of thiocarbonyl (C=S) groups is 1. The van der Waals surface area contributed by atoms with Gasteiger partial charge in [0.25, 0.3) is 5.56 Å². The molecule has 3 N–H and O–H groups in total. The molecular formula is C25H27N5O3S.